The molecule has 1 saturated heterocycles. The molecule has 0 bridgehead atoms. The summed E-state index contributed by atoms with van der Waals surface area (Å²) in [6.07, 6.45) is 6.69. The van der Waals surface area contributed by atoms with E-state index in [0.717, 1.165) is 24.0 Å². The van der Waals surface area contributed by atoms with Crippen molar-refractivity contribution < 1.29 is 19.1 Å². The van der Waals surface area contributed by atoms with E-state index in [1.54, 1.807) is 31.7 Å². The highest BCUT2D eigenvalue weighted by Gasteiger charge is 2.43. The van der Waals surface area contributed by atoms with Crippen molar-refractivity contribution in [1.29, 1.82) is 0 Å². The molecule has 2 aromatic carbocycles. The number of benzene rings is 2. The minimum absolute atomic E-state index is 0.0829. The maximum Gasteiger partial charge on any atom is 0.253 e. The van der Waals surface area contributed by atoms with E-state index in [4.69, 9.17) is 16.2 Å². The molecule has 4 rings (SSSR count). The Labute approximate surface area is 247 Å². The second-order valence-electron chi connectivity index (χ2n) is 11.6. The van der Waals surface area contributed by atoms with Crippen LogP contribution in [0.3, 0.4) is 0 Å². The number of primary amides is 1. The molecule has 1 fully saturated rings. The summed E-state index contributed by atoms with van der Waals surface area (Å²) in [7, 11) is 1.59. The topological polar surface area (TPSA) is 137 Å². The van der Waals surface area contributed by atoms with Crippen LogP contribution in [0.15, 0.2) is 67.1 Å². The Kier molecular flexibility index (Phi) is 9.36. The van der Waals surface area contributed by atoms with Crippen molar-refractivity contribution in [2.45, 2.75) is 70.0 Å². The summed E-state index contributed by atoms with van der Waals surface area (Å²) < 4.78 is 7.04. The number of imidazole rings is 1. The average molecular weight is 575 g/mol. The van der Waals surface area contributed by atoms with Crippen molar-refractivity contribution >= 4 is 23.5 Å². The van der Waals surface area contributed by atoms with Crippen molar-refractivity contribution in [1.82, 2.24) is 14.5 Å². The van der Waals surface area contributed by atoms with E-state index in [0.29, 0.717) is 38.1 Å². The first-order valence-corrected chi connectivity index (χ1v) is 14.4. The lowest BCUT2D eigenvalue weighted by molar-refractivity contribution is -0.137. The molecule has 0 unspecified atom stereocenters. The van der Waals surface area contributed by atoms with E-state index in [1.165, 1.54) is 11.2 Å². The van der Waals surface area contributed by atoms with E-state index >= 15 is 0 Å². The fourth-order valence-corrected chi connectivity index (χ4v) is 5.47. The van der Waals surface area contributed by atoms with Gasteiger partial charge in [-0.3, -0.25) is 19.3 Å². The number of hydrogen-bond donors (Lipinski definition) is 2. The Morgan fingerprint density at radius 2 is 1.67 bits per heavy atom. The molecule has 2 atom stereocenters. The Morgan fingerprint density at radius 3 is 2.24 bits per heavy atom. The van der Waals surface area contributed by atoms with Crippen LogP contribution < -0.4 is 21.1 Å². The molecule has 1 aromatic heterocycles. The monoisotopic (exact) mass is 574 g/mol. The number of aryl methyl sites for hydroxylation is 1. The summed E-state index contributed by atoms with van der Waals surface area (Å²) >= 11 is 0. The molecule has 0 saturated carbocycles. The highest BCUT2D eigenvalue weighted by Crippen LogP contribution is 2.33. The third kappa shape index (κ3) is 6.49. The van der Waals surface area contributed by atoms with Gasteiger partial charge >= 0.3 is 0 Å². The van der Waals surface area contributed by atoms with Crippen molar-refractivity contribution in [2.75, 3.05) is 25.1 Å². The third-order valence-corrected chi connectivity index (χ3v) is 7.99. The van der Waals surface area contributed by atoms with Gasteiger partial charge in [0, 0.05) is 19.3 Å². The predicted octanol–water partition coefficient (Wildman–Crippen LogP) is 3.22. The number of amides is 3. The van der Waals surface area contributed by atoms with Crippen molar-refractivity contribution in [2.24, 2.45) is 11.5 Å². The van der Waals surface area contributed by atoms with E-state index in [2.05, 4.69) is 4.98 Å². The van der Waals surface area contributed by atoms with Gasteiger partial charge in [0.25, 0.3) is 5.91 Å². The number of anilines is 1. The minimum Gasteiger partial charge on any atom is -0.497 e. The van der Waals surface area contributed by atoms with Gasteiger partial charge in [0.1, 0.15) is 17.3 Å². The molecule has 1 aliphatic rings. The van der Waals surface area contributed by atoms with Crippen molar-refractivity contribution in [3.63, 3.8) is 0 Å². The summed E-state index contributed by atoms with van der Waals surface area (Å²) in [6, 6.07) is 16.3. The molecule has 42 heavy (non-hydrogen) atoms. The Morgan fingerprint density at radius 1 is 1.02 bits per heavy atom. The smallest absolute Gasteiger partial charge is 0.253 e. The second kappa shape index (κ2) is 12.8. The fraction of sp³-hybridized carbons (Fsp3) is 0.438. The van der Waals surface area contributed by atoms with Crippen molar-refractivity contribution in [3.05, 3.63) is 78.2 Å². The fourth-order valence-electron chi connectivity index (χ4n) is 5.47. The molecule has 1 aliphatic heterocycles. The van der Waals surface area contributed by atoms with E-state index in [9.17, 15) is 14.4 Å². The highest BCUT2D eigenvalue weighted by atomic mass is 16.5. The van der Waals surface area contributed by atoms with E-state index in [1.807, 2.05) is 66.4 Å². The zero-order valence-electron chi connectivity index (χ0n) is 25.0. The first-order valence-electron chi connectivity index (χ1n) is 14.4. The summed E-state index contributed by atoms with van der Waals surface area (Å²) in [4.78, 5) is 48.4. The number of rotatable bonds is 12. The van der Waals surface area contributed by atoms with Crippen molar-refractivity contribution in [3.8, 4) is 5.75 Å². The minimum atomic E-state index is -1.30. The lowest BCUT2D eigenvalue weighted by Gasteiger charge is -2.35. The molecule has 10 heteroatoms. The number of nitrogens with zero attached hydrogens (tertiary/aromatic N) is 4. The Bertz CT molecular complexity index is 1380. The van der Waals surface area contributed by atoms with Crippen LogP contribution in [0.1, 0.15) is 57.6 Å². The number of nitrogens with two attached hydrogens (primary N) is 2. The quantitative estimate of drug-likeness (QED) is 0.341. The highest BCUT2D eigenvalue weighted by molar-refractivity contribution is 6.04. The van der Waals surface area contributed by atoms with Crippen LogP contribution in [-0.4, -0.2) is 64.0 Å². The van der Waals surface area contributed by atoms with Crippen LogP contribution in [-0.2, 0) is 26.3 Å². The van der Waals surface area contributed by atoms with Gasteiger partial charge in [0.2, 0.25) is 11.8 Å². The normalized spacial score (nSPS) is 15.6. The predicted molar refractivity (Wildman–Crippen MR) is 162 cm³/mol. The maximum absolute atomic E-state index is 14.1. The van der Waals surface area contributed by atoms with Gasteiger partial charge < -0.3 is 25.7 Å². The number of aromatic nitrogens is 2. The number of ether oxygens (including phenoxy) is 1. The lowest BCUT2D eigenvalue weighted by Crippen LogP contribution is -2.58. The zero-order chi connectivity index (χ0) is 30.5. The third-order valence-electron chi connectivity index (χ3n) is 7.99. The number of carbonyl (C=O) groups excluding carboxylic acids is 3. The van der Waals surface area contributed by atoms with Gasteiger partial charge in [0.05, 0.1) is 19.0 Å². The first-order chi connectivity index (χ1) is 20.0. The van der Waals surface area contributed by atoms with Crippen LogP contribution in [0.25, 0.3) is 0 Å². The van der Waals surface area contributed by atoms with Crippen LogP contribution in [0.5, 0.6) is 5.75 Å². The van der Waals surface area contributed by atoms with Gasteiger partial charge in [-0.1, -0.05) is 42.5 Å². The molecular formula is C32H42N6O4. The molecule has 2 heterocycles. The van der Waals surface area contributed by atoms with Gasteiger partial charge in [-0.2, -0.15) is 0 Å². The summed E-state index contributed by atoms with van der Waals surface area (Å²) in [5.74, 6) is -0.353. The molecule has 0 radical (unpaired) electrons. The summed E-state index contributed by atoms with van der Waals surface area (Å²) in [6.45, 7) is 6.34. The van der Waals surface area contributed by atoms with Gasteiger partial charge in [-0.25, -0.2) is 4.98 Å². The SMILES string of the molecule is COc1ccc([C@](C)(C(=O)N2CCCC2)n2cnc(N(C(=O)C(C)(C)N)[C@H](CCCc3ccccc3)C(N)=O)c2)cc1. The second-order valence-corrected chi connectivity index (χ2v) is 11.6. The molecule has 3 amide bonds. The van der Waals surface area contributed by atoms with Crippen LogP contribution in [0.2, 0.25) is 0 Å². The molecule has 3 aromatic rings. The lowest BCUT2D eigenvalue weighted by atomic mass is 9.90. The molecule has 10 nitrogen and oxygen atoms in total. The Hall–Kier alpha value is -4.18. The van der Waals surface area contributed by atoms with Gasteiger partial charge in [-0.05, 0) is 76.1 Å². The van der Waals surface area contributed by atoms with Crippen LogP contribution >= 0.6 is 0 Å². The molecule has 224 valence electrons. The first kappa shape index (κ1) is 30.8. The molecular weight excluding hydrogens is 532 g/mol. The van der Waals surface area contributed by atoms with Crippen LogP contribution in [0, 0.1) is 0 Å². The molecule has 4 N–H and O–H groups in total. The zero-order valence-corrected chi connectivity index (χ0v) is 25.0. The number of methoxy groups -OCH3 is 1. The Balaban J connectivity index is 1.73. The van der Waals surface area contributed by atoms with Crippen LogP contribution in [0.4, 0.5) is 5.82 Å². The average Bonchev–Trinajstić information content (AvgIpc) is 3.69. The summed E-state index contributed by atoms with van der Waals surface area (Å²) in [5, 5.41) is 0. The standard InChI is InChI=1S/C32H42N6O4/c1-31(2,34)29(40)38(26(28(33)39)14-10-13-23-11-6-5-7-12-23)27-21-37(22-35-27)32(3,30(41)36-19-8-9-20-36)24-15-17-25(42-4)18-16-24/h5-7,11-12,15-18,21-22,26H,8-10,13-14,19-20,34H2,1-4H3,(H2,33,39)/t26-,32-/m1/s1. The largest absolute Gasteiger partial charge is 0.497 e. The number of hydrogen-bond acceptors (Lipinski definition) is 6. The van der Waals surface area contributed by atoms with Gasteiger partial charge in [0.15, 0.2) is 5.82 Å². The summed E-state index contributed by atoms with van der Waals surface area (Å²) in [5.41, 5.74) is 11.5. The van der Waals surface area contributed by atoms with Gasteiger partial charge in [-0.15, -0.1) is 0 Å². The molecule has 0 spiro atoms. The number of carbonyl (C=O) groups is 3. The number of likely N-dealkylation sites (tertiary alicyclic amines) is 1. The van der Waals surface area contributed by atoms with E-state index < -0.39 is 28.9 Å². The van der Waals surface area contributed by atoms with E-state index in [-0.39, 0.29) is 11.7 Å². The molecule has 0 aliphatic carbocycles. The maximum atomic E-state index is 14.1.